The first kappa shape index (κ1) is 19.9. The van der Waals surface area contributed by atoms with Crippen molar-refractivity contribution in [2.24, 2.45) is 0 Å². The summed E-state index contributed by atoms with van der Waals surface area (Å²) in [5.41, 5.74) is -0.334. The molecular formula is C24H24F2N2. The second-order valence-corrected chi connectivity index (χ2v) is 6.95. The Balaban J connectivity index is 1.91. The number of rotatable bonds is 6. The Morgan fingerprint density at radius 2 is 1.82 bits per heavy atom. The van der Waals surface area contributed by atoms with E-state index in [-0.39, 0.29) is 11.4 Å². The van der Waals surface area contributed by atoms with Crippen LogP contribution < -0.4 is 0 Å². The van der Waals surface area contributed by atoms with Crippen LogP contribution in [-0.4, -0.2) is 9.97 Å². The fourth-order valence-electron chi connectivity index (χ4n) is 3.41. The van der Waals surface area contributed by atoms with E-state index in [2.05, 4.69) is 28.7 Å². The fourth-order valence-corrected chi connectivity index (χ4v) is 3.41. The molecule has 0 aliphatic heterocycles. The zero-order chi connectivity index (χ0) is 20.0. The van der Waals surface area contributed by atoms with Crippen LogP contribution in [0.25, 0.3) is 0 Å². The first-order valence-corrected chi connectivity index (χ1v) is 9.67. The number of halogens is 2. The van der Waals surface area contributed by atoms with E-state index in [0.717, 1.165) is 42.9 Å². The van der Waals surface area contributed by atoms with Gasteiger partial charge in [-0.3, -0.25) is 0 Å². The number of benzene rings is 1. The molecule has 0 bridgehead atoms. The summed E-state index contributed by atoms with van der Waals surface area (Å²) in [6, 6.07) is 6.57. The maximum Gasteiger partial charge on any atom is 0.200 e. The third-order valence-electron chi connectivity index (χ3n) is 4.97. The Bertz CT molecular complexity index is 918. The number of unbranched alkanes of at least 4 members (excludes halogenated alkanes) is 2. The van der Waals surface area contributed by atoms with Crippen molar-refractivity contribution < 1.29 is 8.78 Å². The third-order valence-corrected chi connectivity index (χ3v) is 4.97. The topological polar surface area (TPSA) is 25.8 Å². The second kappa shape index (κ2) is 8.93. The van der Waals surface area contributed by atoms with E-state index in [9.17, 15) is 4.39 Å². The van der Waals surface area contributed by atoms with E-state index in [1.54, 1.807) is 49.7 Å². The molecule has 0 N–H and O–H groups in total. The maximum absolute atomic E-state index is 16.1. The molecule has 1 aromatic carbocycles. The highest BCUT2D eigenvalue weighted by molar-refractivity contribution is 5.45. The van der Waals surface area contributed by atoms with Crippen LogP contribution in [0.15, 0.2) is 60.7 Å². The normalized spacial score (nSPS) is 21.0. The monoisotopic (exact) mass is 378 g/mol. The number of aryl methyl sites for hydroxylation is 1. The molecule has 2 aromatic rings. The molecule has 4 heteroatoms. The molecule has 0 radical (unpaired) electrons. The highest BCUT2D eigenvalue weighted by atomic mass is 19.2. The van der Waals surface area contributed by atoms with Crippen molar-refractivity contribution in [3.63, 3.8) is 0 Å². The molecule has 2 unspecified atom stereocenters. The molecule has 1 heterocycles. The van der Waals surface area contributed by atoms with Gasteiger partial charge in [-0.15, -0.1) is 5.92 Å². The lowest BCUT2D eigenvalue weighted by Gasteiger charge is -2.32. The van der Waals surface area contributed by atoms with Gasteiger partial charge in [0.15, 0.2) is 5.67 Å². The summed E-state index contributed by atoms with van der Waals surface area (Å²) in [7, 11) is 0. The average molecular weight is 378 g/mol. The van der Waals surface area contributed by atoms with Gasteiger partial charge in [0, 0.05) is 18.0 Å². The smallest absolute Gasteiger partial charge is 0.200 e. The van der Waals surface area contributed by atoms with Crippen molar-refractivity contribution in [3.8, 4) is 11.8 Å². The lowest BCUT2D eigenvalue weighted by Crippen LogP contribution is -2.31. The van der Waals surface area contributed by atoms with E-state index in [4.69, 9.17) is 0 Å². The van der Waals surface area contributed by atoms with Crippen molar-refractivity contribution in [2.45, 2.75) is 51.1 Å². The lowest BCUT2D eigenvalue weighted by atomic mass is 9.78. The Kier molecular flexibility index (Phi) is 6.36. The number of nitrogens with zero attached hydrogens (tertiary/aromatic N) is 2. The molecule has 3 rings (SSSR count). The van der Waals surface area contributed by atoms with Crippen LogP contribution >= 0.6 is 0 Å². The molecule has 2 atom stereocenters. The van der Waals surface area contributed by atoms with Crippen LogP contribution in [0.4, 0.5) is 8.78 Å². The quantitative estimate of drug-likeness (QED) is 0.458. The predicted octanol–water partition coefficient (Wildman–Crippen LogP) is 5.95. The van der Waals surface area contributed by atoms with Crippen molar-refractivity contribution in [1.29, 1.82) is 0 Å². The van der Waals surface area contributed by atoms with Crippen molar-refractivity contribution >= 4 is 0 Å². The Morgan fingerprint density at radius 1 is 1.11 bits per heavy atom. The standard InChI is InChI=1S/C24H24F2N2/c1-3-5-6-9-19-16-27-23(28-17-19)21-10-7-11-22(25)24(21,26)20-14-12-18(8-4-2)13-15-20/h7,10-17,21H,3,5-6,9H2,1-2H3. The van der Waals surface area contributed by atoms with Gasteiger partial charge in [0.2, 0.25) is 0 Å². The number of alkyl halides is 1. The van der Waals surface area contributed by atoms with E-state index < -0.39 is 17.4 Å². The molecule has 0 amide bonds. The minimum atomic E-state index is -2.34. The van der Waals surface area contributed by atoms with E-state index in [0.29, 0.717) is 0 Å². The number of aromatic nitrogens is 2. The predicted molar refractivity (Wildman–Crippen MR) is 108 cm³/mol. The SMILES string of the molecule is CC#Cc1ccc(C2(F)C(F)=CC=CC2c2ncc(CCCCC)cn2)cc1. The fraction of sp³-hybridized carbons (Fsp3) is 0.333. The zero-order valence-corrected chi connectivity index (χ0v) is 16.3. The van der Waals surface area contributed by atoms with Gasteiger partial charge >= 0.3 is 0 Å². The third kappa shape index (κ3) is 4.04. The summed E-state index contributed by atoms with van der Waals surface area (Å²) in [5, 5.41) is 0. The van der Waals surface area contributed by atoms with E-state index >= 15 is 4.39 Å². The van der Waals surface area contributed by atoms with Crippen LogP contribution in [0, 0.1) is 11.8 Å². The Labute approximate surface area is 165 Å². The minimum Gasteiger partial charge on any atom is -0.240 e. The average Bonchev–Trinajstić information content (AvgIpc) is 2.72. The summed E-state index contributed by atoms with van der Waals surface area (Å²) < 4.78 is 30.8. The zero-order valence-electron chi connectivity index (χ0n) is 16.3. The summed E-state index contributed by atoms with van der Waals surface area (Å²) in [4.78, 5) is 8.73. The van der Waals surface area contributed by atoms with Gasteiger partial charge in [0.25, 0.3) is 0 Å². The Hall–Kier alpha value is -2.80. The van der Waals surface area contributed by atoms with E-state index in [1.165, 1.54) is 6.08 Å². The van der Waals surface area contributed by atoms with Crippen molar-refractivity contribution in [1.82, 2.24) is 9.97 Å². The Morgan fingerprint density at radius 3 is 2.46 bits per heavy atom. The highest BCUT2D eigenvalue weighted by Crippen LogP contribution is 2.48. The molecule has 1 aliphatic rings. The van der Waals surface area contributed by atoms with Crippen LogP contribution in [0.2, 0.25) is 0 Å². The maximum atomic E-state index is 16.1. The molecular weight excluding hydrogens is 354 g/mol. The first-order chi connectivity index (χ1) is 13.6. The van der Waals surface area contributed by atoms with Gasteiger partial charge in [0.05, 0.1) is 5.92 Å². The molecule has 0 saturated carbocycles. The number of allylic oxidation sites excluding steroid dienone is 4. The van der Waals surface area contributed by atoms with Gasteiger partial charge in [-0.1, -0.05) is 50.0 Å². The summed E-state index contributed by atoms with van der Waals surface area (Å²) in [6.45, 7) is 3.89. The van der Waals surface area contributed by atoms with Crippen LogP contribution in [-0.2, 0) is 12.1 Å². The van der Waals surface area contributed by atoms with Crippen LogP contribution in [0.1, 0.15) is 61.5 Å². The van der Waals surface area contributed by atoms with Crippen LogP contribution in [0.3, 0.4) is 0 Å². The lowest BCUT2D eigenvalue weighted by molar-refractivity contribution is 0.148. The molecule has 1 aliphatic carbocycles. The molecule has 1 aromatic heterocycles. The largest absolute Gasteiger partial charge is 0.240 e. The van der Waals surface area contributed by atoms with E-state index in [1.807, 2.05) is 0 Å². The van der Waals surface area contributed by atoms with Gasteiger partial charge in [-0.2, -0.15) is 0 Å². The molecule has 2 nitrogen and oxygen atoms in total. The van der Waals surface area contributed by atoms with Crippen LogP contribution in [0.5, 0.6) is 0 Å². The van der Waals surface area contributed by atoms with Crippen molar-refractivity contribution in [3.05, 3.63) is 83.2 Å². The van der Waals surface area contributed by atoms with Crippen molar-refractivity contribution in [2.75, 3.05) is 0 Å². The first-order valence-electron chi connectivity index (χ1n) is 9.67. The van der Waals surface area contributed by atoms with Gasteiger partial charge in [-0.05, 0) is 49.1 Å². The summed E-state index contributed by atoms with van der Waals surface area (Å²) >= 11 is 0. The molecule has 28 heavy (non-hydrogen) atoms. The molecule has 144 valence electrons. The summed E-state index contributed by atoms with van der Waals surface area (Å²) in [6.07, 6.45) is 12.0. The molecule has 0 saturated heterocycles. The van der Waals surface area contributed by atoms with Gasteiger partial charge in [-0.25, -0.2) is 18.7 Å². The van der Waals surface area contributed by atoms with Gasteiger partial charge < -0.3 is 0 Å². The minimum absolute atomic E-state index is 0.230. The molecule has 0 fully saturated rings. The summed E-state index contributed by atoms with van der Waals surface area (Å²) in [5.74, 6) is 4.22. The number of hydrogen-bond acceptors (Lipinski definition) is 2. The van der Waals surface area contributed by atoms with Gasteiger partial charge in [0.1, 0.15) is 11.7 Å². The number of hydrogen-bond donors (Lipinski definition) is 0. The highest BCUT2D eigenvalue weighted by Gasteiger charge is 2.47. The second-order valence-electron chi connectivity index (χ2n) is 6.95. The molecule has 0 spiro atoms.